The SMILES string of the molecule is CCNC/C(C)=C/C(C)c1ccccc1. The third-order valence-electron chi connectivity index (χ3n) is 2.51. The molecule has 0 heterocycles. The minimum absolute atomic E-state index is 0.504. The summed E-state index contributed by atoms with van der Waals surface area (Å²) < 4.78 is 0. The van der Waals surface area contributed by atoms with Crippen molar-refractivity contribution in [2.45, 2.75) is 26.7 Å². The summed E-state index contributed by atoms with van der Waals surface area (Å²) in [6, 6.07) is 10.6. The van der Waals surface area contributed by atoms with Gasteiger partial charge in [-0.2, -0.15) is 0 Å². The fourth-order valence-corrected chi connectivity index (χ4v) is 1.66. The fourth-order valence-electron chi connectivity index (χ4n) is 1.66. The Morgan fingerprint density at radius 1 is 1.33 bits per heavy atom. The van der Waals surface area contributed by atoms with Crippen LogP contribution in [0, 0.1) is 0 Å². The minimum atomic E-state index is 0.504. The highest BCUT2D eigenvalue weighted by atomic mass is 14.8. The Labute approximate surface area is 93.2 Å². The summed E-state index contributed by atoms with van der Waals surface area (Å²) >= 11 is 0. The van der Waals surface area contributed by atoms with Crippen LogP contribution in [0.3, 0.4) is 0 Å². The van der Waals surface area contributed by atoms with Crippen molar-refractivity contribution in [1.82, 2.24) is 5.32 Å². The molecule has 0 bridgehead atoms. The molecule has 0 aliphatic heterocycles. The molecule has 0 spiro atoms. The van der Waals surface area contributed by atoms with Gasteiger partial charge in [-0.05, 0) is 24.9 Å². The molecular formula is C14H21N. The molecule has 1 heteroatoms. The van der Waals surface area contributed by atoms with Crippen LogP contribution in [0.4, 0.5) is 0 Å². The number of nitrogens with one attached hydrogen (secondary N) is 1. The van der Waals surface area contributed by atoms with Crippen LogP contribution in [0.2, 0.25) is 0 Å². The summed E-state index contributed by atoms with van der Waals surface area (Å²) in [6.45, 7) is 8.58. The van der Waals surface area contributed by atoms with E-state index in [0.29, 0.717) is 5.92 Å². The van der Waals surface area contributed by atoms with E-state index in [2.05, 4.69) is 62.5 Å². The number of hydrogen-bond donors (Lipinski definition) is 1. The van der Waals surface area contributed by atoms with Crippen molar-refractivity contribution in [3.8, 4) is 0 Å². The third-order valence-corrected chi connectivity index (χ3v) is 2.51. The first-order valence-corrected chi connectivity index (χ1v) is 5.67. The van der Waals surface area contributed by atoms with E-state index in [1.807, 2.05) is 0 Å². The molecule has 1 aromatic rings. The van der Waals surface area contributed by atoms with Crippen LogP contribution in [0.25, 0.3) is 0 Å². The molecule has 15 heavy (non-hydrogen) atoms. The molecule has 0 saturated heterocycles. The van der Waals surface area contributed by atoms with Gasteiger partial charge in [0.05, 0.1) is 0 Å². The zero-order valence-electron chi connectivity index (χ0n) is 9.96. The van der Waals surface area contributed by atoms with E-state index in [9.17, 15) is 0 Å². The topological polar surface area (TPSA) is 12.0 Å². The van der Waals surface area contributed by atoms with Gasteiger partial charge in [-0.25, -0.2) is 0 Å². The van der Waals surface area contributed by atoms with Gasteiger partial charge in [-0.3, -0.25) is 0 Å². The summed E-state index contributed by atoms with van der Waals surface area (Å²) in [7, 11) is 0. The highest BCUT2D eigenvalue weighted by molar-refractivity contribution is 5.24. The molecule has 82 valence electrons. The summed E-state index contributed by atoms with van der Waals surface area (Å²) in [5.41, 5.74) is 2.79. The fraction of sp³-hybridized carbons (Fsp3) is 0.429. The number of hydrogen-bond acceptors (Lipinski definition) is 1. The van der Waals surface area contributed by atoms with E-state index in [4.69, 9.17) is 0 Å². The van der Waals surface area contributed by atoms with Gasteiger partial charge >= 0.3 is 0 Å². The molecule has 0 aliphatic rings. The zero-order valence-corrected chi connectivity index (χ0v) is 9.96. The predicted octanol–water partition coefficient (Wildman–Crippen LogP) is 3.35. The van der Waals surface area contributed by atoms with Crippen LogP contribution >= 0.6 is 0 Å². The molecule has 1 nitrogen and oxygen atoms in total. The van der Waals surface area contributed by atoms with Gasteiger partial charge in [0, 0.05) is 6.54 Å². The normalized spacial score (nSPS) is 13.9. The first-order valence-electron chi connectivity index (χ1n) is 5.67. The van der Waals surface area contributed by atoms with Gasteiger partial charge in [-0.1, -0.05) is 55.8 Å². The van der Waals surface area contributed by atoms with E-state index in [-0.39, 0.29) is 0 Å². The monoisotopic (exact) mass is 203 g/mol. The number of likely N-dealkylation sites (N-methyl/N-ethyl adjacent to an activating group) is 1. The highest BCUT2D eigenvalue weighted by Crippen LogP contribution is 2.17. The summed E-state index contributed by atoms with van der Waals surface area (Å²) in [6.07, 6.45) is 2.33. The maximum absolute atomic E-state index is 3.34. The van der Waals surface area contributed by atoms with Crippen LogP contribution in [0.5, 0.6) is 0 Å². The maximum Gasteiger partial charge on any atom is 0.0161 e. The predicted molar refractivity (Wildman–Crippen MR) is 67.2 cm³/mol. The Bertz CT molecular complexity index is 300. The molecule has 1 rings (SSSR count). The number of allylic oxidation sites excluding steroid dienone is 1. The van der Waals surface area contributed by atoms with Crippen LogP contribution in [0.15, 0.2) is 42.0 Å². The lowest BCUT2D eigenvalue weighted by Crippen LogP contribution is -2.15. The van der Waals surface area contributed by atoms with Gasteiger partial charge in [0.25, 0.3) is 0 Å². The van der Waals surface area contributed by atoms with Crippen molar-refractivity contribution in [2.75, 3.05) is 13.1 Å². The van der Waals surface area contributed by atoms with E-state index >= 15 is 0 Å². The van der Waals surface area contributed by atoms with E-state index in [1.54, 1.807) is 0 Å². The molecule has 0 saturated carbocycles. The van der Waals surface area contributed by atoms with Crippen LogP contribution < -0.4 is 5.32 Å². The average molecular weight is 203 g/mol. The second-order valence-corrected chi connectivity index (χ2v) is 3.99. The number of benzene rings is 1. The largest absolute Gasteiger partial charge is 0.313 e. The number of rotatable bonds is 5. The van der Waals surface area contributed by atoms with E-state index in [0.717, 1.165) is 13.1 Å². The third kappa shape index (κ3) is 4.30. The van der Waals surface area contributed by atoms with Crippen molar-refractivity contribution < 1.29 is 0 Å². The molecule has 1 atom stereocenters. The molecule has 0 aromatic heterocycles. The lowest BCUT2D eigenvalue weighted by atomic mass is 9.99. The second-order valence-electron chi connectivity index (χ2n) is 3.99. The standard InChI is InChI=1S/C14H21N/c1-4-15-11-12(2)10-13(3)14-8-6-5-7-9-14/h5-10,13,15H,4,11H2,1-3H3/b12-10+. The lowest BCUT2D eigenvalue weighted by Gasteiger charge is -2.09. The Kier molecular flexibility index (Phi) is 5.13. The van der Waals surface area contributed by atoms with E-state index in [1.165, 1.54) is 11.1 Å². The van der Waals surface area contributed by atoms with Crippen molar-refractivity contribution >= 4 is 0 Å². The molecule has 1 aromatic carbocycles. The van der Waals surface area contributed by atoms with Crippen molar-refractivity contribution in [3.63, 3.8) is 0 Å². The van der Waals surface area contributed by atoms with Gasteiger partial charge in [0.2, 0.25) is 0 Å². The van der Waals surface area contributed by atoms with Crippen LogP contribution in [-0.2, 0) is 0 Å². The molecule has 0 aliphatic carbocycles. The van der Waals surface area contributed by atoms with E-state index < -0.39 is 0 Å². The zero-order chi connectivity index (χ0) is 11.1. The highest BCUT2D eigenvalue weighted by Gasteiger charge is 2.01. The van der Waals surface area contributed by atoms with Gasteiger partial charge < -0.3 is 5.32 Å². The Hall–Kier alpha value is -1.08. The van der Waals surface area contributed by atoms with Crippen molar-refractivity contribution in [2.24, 2.45) is 0 Å². The Balaban J connectivity index is 2.58. The van der Waals surface area contributed by atoms with Gasteiger partial charge in [-0.15, -0.1) is 0 Å². The quantitative estimate of drug-likeness (QED) is 0.724. The second kappa shape index (κ2) is 6.41. The summed E-state index contributed by atoms with van der Waals surface area (Å²) in [4.78, 5) is 0. The molecule has 1 N–H and O–H groups in total. The Morgan fingerprint density at radius 2 is 2.00 bits per heavy atom. The molecule has 0 amide bonds. The summed E-state index contributed by atoms with van der Waals surface area (Å²) in [5.74, 6) is 0.504. The first-order chi connectivity index (χ1) is 7.24. The van der Waals surface area contributed by atoms with Gasteiger partial charge in [0.15, 0.2) is 0 Å². The minimum Gasteiger partial charge on any atom is -0.313 e. The molecule has 0 radical (unpaired) electrons. The van der Waals surface area contributed by atoms with Crippen LogP contribution in [0.1, 0.15) is 32.3 Å². The lowest BCUT2D eigenvalue weighted by molar-refractivity contribution is 0.768. The van der Waals surface area contributed by atoms with Crippen molar-refractivity contribution in [1.29, 1.82) is 0 Å². The van der Waals surface area contributed by atoms with Gasteiger partial charge in [0.1, 0.15) is 0 Å². The van der Waals surface area contributed by atoms with Crippen molar-refractivity contribution in [3.05, 3.63) is 47.5 Å². The molecular weight excluding hydrogens is 182 g/mol. The average Bonchev–Trinajstić information content (AvgIpc) is 2.27. The maximum atomic E-state index is 3.34. The first kappa shape index (κ1) is 12.0. The molecule has 1 unspecified atom stereocenters. The summed E-state index contributed by atoms with van der Waals surface area (Å²) in [5, 5.41) is 3.34. The molecule has 0 fully saturated rings. The Morgan fingerprint density at radius 3 is 2.60 bits per heavy atom. The van der Waals surface area contributed by atoms with Crippen LogP contribution in [-0.4, -0.2) is 13.1 Å². The smallest absolute Gasteiger partial charge is 0.0161 e.